The van der Waals surface area contributed by atoms with E-state index in [0.29, 0.717) is 0 Å². The van der Waals surface area contributed by atoms with Crippen molar-refractivity contribution in [2.75, 3.05) is 13.1 Å². The summed E-state index contributed by atoms with van der Waals surface area (Å²) in [5.74, 6) is 0. The fraction of sp³-hybridized carbons (Fsp3) is 0.467. The van der Waals surface area contributed by atoms with Crippen molar-refractivity contribution < 1.29 is 0 Å². The molecule has 0 aromatic heterocycles. The Balaban J connectivity index is 2.72. The maximum absolute atomic E-state index is 6.12. The number of rotatable bonds is 6. The average molecular weight is 252 g/mol. The van der Waals surface area contributed by atoms with Crippen molar-refractivity contribution >= 4 is 17.7 Å². The number of aryl methyl sites for hydroxylation is 1. The highest BCUT2D eigenvalue weighted by atomic mass is 35.5. The maximum atomic E-state index is 6.12. The van der Waals surface area contributed by atoms with Crippen LogP contribution in [0.4, 0.5) is 0 Å². The Morgan fingerprint density at radius 1 is 1.35 bits per heavy atom. The molecule has 0 aliphatic carbocycles. The summed E-state index contributed by atoms with van der Waals surface area (Å²) in [7, 11) is 0. The van der Waals surface area contributed by atoms with Crippen LogP contribution in [0.5, 0.6) is 0 Å². The fourth-order valence-corrected chi connectivity index (χ4v) is 1.83. The summed E-state index contributed by atoms with van der Waals surface area (Å²) in [5, 5.41) is 4.27. The van der Waals surface area contributed by atoms with Crippen LogP contribution in [0.2, 0.25) is 5.02 Å². The van der Waals surface area contributed by atoms with Crippen LogP contribution in [0, 0.1) is 6.92 Å². The molecule has 0 aliphatic rings. The predicted molar refractivity (Wildman–Crippen MR) is 77.6 cm³/mol. The van der Waals surface area contributed by atoms with E-state index in [0.717, 1.165) is 30.1 Å². The van der Waals surface area contributed by atoms with Crippen LogP contribution in [0.25, 0.3) is 6.08 Å². The Labute approximate surface area is 110 Å². The topological polar surface area (TPSA) is 12.0 Å². The lowest BCUT2D eigenvalue weighted by atomic mass is 10.1. The molecule has 0 aliphatic heterocycles. The van der Waals surface area contributed by atoms with Gasteiger partial charge in [0, 0.05) is 11.6 Å². The number of benzene rings is 1. The molecule has 0 heterocycles. The molecule has 94 valence electrons. The third-order valence-corrected chi connectivity index (χ3v) is 3.21. The standard InChI is InChI=1S/C15H22ClN/c1-4-8-17-11-13(5-2)9-14-7-6-12(3)15(16)10-14/h6-7,9-10,17H,4-5,8,11H2,1-3H3/b13-9+. The van der Waals surface area contributed by atoms with Crippen LogP contribution < -0.4 is 5.32 Å². The molecule has 0 radical (unpaired) electrons. The molecule has 1 aromatic carbocycles. The monoisotopic (exact) mass is 251 g/mol. The zero-order valence-corrected chi connectivity index (χ0v) is 11.8. The molecule has 2 heteroatoms. The summed E-state index contributed by atoms with van der Waals surface area (Å²) < 4.78 is 0. The lowest BCUT2D eigenvalue weighted by Gasteiger charge is -2.07. The minimum absolute atomic E-state index is 0.843. The van der Waals surface area contributed by atoms with Crippen LogP contribution in [-0.4, -0.2) is 13.1 Å². The third-order valence-electron chi connectivity index (χ3n) is 2.80. The first kappa shape index (κ1) is 14.3. The first-order valence-corrected chi connectivity index (χ1v) is 6.71. The van der Waals surface area contributed by atoms with Gasteiger partial charge in [-0.1, -0.05) is 49.2 Å². The molecule has 0 fully saturated rings. The summed E-state index contributed by atoms with van der Waals surface area (Å²) in [6.45, 7) is 8.44. The Morgan fingerprint density at radius 2 is 2.12 bits per heavy atom. The van der Waals surface area contributed by atoms with Gasteiger partial charge in [-0.2, -0.15) is 0 Å². The van der Waals surface area contributed by atoms with Crippen molar-refractivity contribution in [2.45, 2.75) is 33.6 Å². The van der Waals surface area contributed by atoms with Gasteiger partial charge in [0.15, 0.2) is 0 Å². The van der Waals surface area contributed by atoms with Crippen LogP contribution >= 0.6 is 11.6 Å². The van der Waals surface area contributed by atoms with E-state index < -0.39 is 0 Å². The van der Waals surface area contributed by atoms with Gasteiger partial charge in [-0.15, -0.1) is 0 Å². The molecular formula is C15H22ClN. The van der Waals surface area contributed by atoms with Gasteiger partial charge in [0.05, 0.1) is 0 Å². The third kappa shape index (κ3) is 4.93. The first-order chi connectivity index (χ1) is 8.17. The molecule has 0 spiro atoms. The SMILES string of the molecule is CCCNC/C(=C/c1ccc(C)c(Cl)c1)CC. The van der Waals surface area contributed by atoms with Crippen LogP contribution in [0.1, 0.15) is 37.8 Å². The number of hydrogen-bond donors (Lipinski definition) is 1. The van der Waals surface area contributed by atoms with Gasteiger partial charge >= 0.3 is 0 Å². The van der Waals surface area contributed by atoms with E-state index in [4.69, 9.17) is 11.6 Å². The van der Waals surface area contributed by atoms with Gasteiger partial charge in [0.2, 0.25) is 0 Å². The molecule has 0 unspecified atom stereocenters. The van der Waals surface area contributed by atoms with E-state index in [9.17, 15) is 0 Å². The fourth-order valence-electron chi connectivity index (χ4n) is 1.64. The predicted octanol–water partition coefficient (Wildman–Crippen LogP) is 4.44. The number of halogens is 1. The van der Waals surface area contributed by atoms with E-state index >= 15 is 0 Å². The second-order valence-electron chi connectivity index (χ2n) is 4.34. The molecule has 0 atom stereocenters. The minimum Gasteiger partial charge on any atom is -0.313 e. The van der Waals surface area contributed by atoms with Crippen LogP contribution in [0.3, 0.4) is 0 Å². The van der Waals surface area contributed by atoms with Crippen LogP contribution in [0.15, 0.2) is 23.8 Å². The van der Waals surface area contributed by atoms with E-state index in [-0.39, 0.29) is 0 Å². The quantitative estimate of drug-likeness (QED) is 0.737. The summed E-state index contributed by atoms with van der Waals surface area (Å²) in [6, 6.07) is 6.23. The van der Waals surface area contributed by atoms with Gasteiger partial charge in [-0.05, 0) is 43.5 Å². The Morgan fingerprint density at radius 3 is 2.71 bits per heavy atom. The highest BCUT2D eigenvalue weighted by Crippen LogP contribution is 2.19. The van der Waals surface area contributed by atoms with Crippen LogP contribution in [-0.2, 0) is 0 Å². The molecule has 0 saturated heterocycles. The Hall–Kier alpha value is -0.790. The normalized spacial score (nSPS) is 11.9. The lowest BCUT2D eigenvalue weighted by molar-refractivity contribution is 0.706. The first-order valence-electron chi connectivity index (χ1n) is 6.33. The second kappa shape index (κ2) is 7.52. The highest BCUT2D eigenvalue weighted by molar-refractivity contribution is 6.31. The molecular weight excluding hydrogens is 230 g/mol. The molecule has 0 saturated carbocycles. The van der Waals surface area contributed by atoms with Gasteiger partial charge in [0.1, 0.15) is 0 Å². The van der Waals surface area contributed by atoms with Gasteiger partial charge in [-0.3, -0.25) is 0 Å². The van der Waals surface area contributed by atoms with E-state index in [2.05, 4.69) is 37.4 Å². The van der Waals surface area contributed by atoms with Crippen molar-refractivity contribution in [3.8, 4) is 0 Å². The summed E-state index contributed by atoms with van der Waals surface area (Å²) in [6.07, 6.45) is 4.48. The minimum atomic E-state index is 0.843. The molecule has 0 amide bonds. The molecule has 0 bridgehead atoms. The van der Waals surface area contributed by atoms with Crippen molar-refractivity contribution in [2.24, 2.45) is 0 Å². The van der Waals surface area contributed by atoms with Gasteiger partial charge in [0.25, 0.3) is 0 Å². The Bertz CT molecular complexity index is 383. The Kier molecular flexibility index (Phi) is 6.31. The maximum Gasteiger partial charge on any atom is 0.0441 e. The summed E-state index contributed by atoms with van der Waals surface area (Å²) in [4.78, 5) is 0. The zero-order valence-electron chi connectivity index (χ0n) is 11.0. The lowest BCUT2D eigenvalue weighted by Crippen LogP contribution is -2.17. The molecule has 1 N–H and O–H groups in total. The molecule has 17 heavy (non-hydrogen) atoms. The second-order valence-corrected chi connectivity index (χ2v) is 4.75. The zero-order chi connectivity index (χ0) is 12.7. The van der Waals surface area contributed by atoms with Crippen molar-refractivity contribution in [3.63, 3.8) is 0 Å². The largest absolute Gasteiger partial charge is 0.313 e. The van der Waals surface area contributed by atoms with E-state index in [1.54, 1.807) is 0 Å². The number of nitrogens with one attached hydrogen (secondary N) is 1. The molecule has 1 aromatic rings. The molecule has 1 nitrogen and oxygen atoms in total. The van der Waals surface area contributed by atoms with Gasteiger partial charge < -0.3 is 5.32 Å². The number of hydrogen-bond acceptors (Lipinski definition) is 1. The highest BCUT2D eigenvalue weighted by Gasteiger charge is 1.98. The van der Waals surface area contributed by atoms with Gasteiger partial charge in [-0.25, -0.2) is 0 Å². The van der Waals surface area contributed by atoms with Crippen molar-refractivity contribution in [1.82, 2.24) is 5.32 Å². The van der Waals surface area contributed by atoms with Crippen molar-refractivity contribution in [3.05, 3.63) is 39.9 Å². The molecule has 1 rings (SSSR count). The van der Waals surface area contributed by atoms with E-state index in [1.165, 1.54) is 17.6 Å². The summed E-state index contributed by atoms with van der Waals surface area (Å²) in [5.41, 5.74) is 3.74. The average Bonchev–Trinajstić information content (AvgIpc) is 2.32. The van der Waals surface area contributed by atoms with E-state index in [1.807, 2.05) is 13.0 Å². The summed E-state index contributed by atoms with van der Waals surface area (Å²) >= 11 is 6.12. The van der Waals surface area contributed by atoms with Crippen molar-refractivity contribution in [1.29, 1.82) is 0 Å². The smallest absolute Gasteiger partial charge is 0.0441 e.